The quantitative estimate of drug-likeness (QED) is 0.414. The van der Waals surface area contributed by atoms with Gasteiger partial charge in [0.25, 0.3) is 5.56 Å². The van der Waals surface area contributed by atoms with Gasteiger partial charge in [0.05, 0.1) is 12.0 Å². The molecule has 3 aromatic rings. The number of aromatic nitrogens is 3. The highest BCUT2D eigenvalue weighted by molar-refractivity contribution is 5.93. The van der Waals surface area contributed by atoms with Gasteiger partial charge in [0.15, 0.2) is 0 Å². The van der Waals surface area contributed by atoms with Crippen molar-refractivity contribution in [1.82, 2.24) is 14.5 Å². The Labute approximate surface area is 188 Å². The normalized spacial score (nSPS) is 11.7. The van der Waals surface area contributed by atoms with Crippen molar-refractivity contribution in [2.24, 2.45) is 0 Å². The Kier molecular flexibility index (Phi) is 7.82. The van der Waals surface area contributed by atoms with Gasteiger partial charge in [-0.05, 0) is 75.2 Å². The zero-order chi connectivity index (χ0) is 23.1. The molecule has 0 radical (unpaired) electrons. The predicted octanol–water partition coefficient (Wildman–Crippen LogP) is 3.71. The Morgan fingerprint density at radius 2 is 1.97 bits per heavy atom. The minimum Gasteiger partial charge on any atom is -0.395 e. The fourth-order valence-corrected chi connectivity index (χ4v) is 3.50. The lowest BCUT2D eigenvalue weighted by Crippen LogP contribution is -2.29. The summed E-state index contributed by atoms with van der Waals surface area (Å²) in [6.45, 7) is 6.96. The minimum atomic E-state index is -0.289. The molecule has 0 aromatic carbocycles. The number of aliphatic hydroxyl groups is 1. The van der Waals surface area contributed by atoms with Crippen molar-refractivity contribution in [1.29, 1.82) is 0 Å². The maximum atomic E-state index is 13.0. The van der Waals surface area contributed by atoms with Gasteiger partial charge in [-0.1, -0.05) is 0 Å². The standard InChI is InChI=1S/C24H33N5O3/c1-24(2,3)28-22-21-18(9-11-29(12-13-30)23(21)31)16-20(27-22)26-19-15-17(8-10-25-19)7-5-6-14-32-4/h8-11,15-16,30H,5-7,12-14H2,1-4H3,(H2,25,26,27,28). The van der Waals surface area contributed by atoms with Crippen molar-refractivity contribution < 1.29 is 9.84 Å². The molecule has 172 valence electrons. The summed E-state index contributed by atoms with van der Waals surface area (Å²) in [5.74, 6) is 1.81. The van der Waals surface area contributed by atoms with Gasteiger partial charge >= 0.3 is 0 Å². The van der Waals surface area contributed by atoms with E-state index < -0.39 is 0 Å². The fourth-order valence-electron chi connectivity index (χ4n) is 3.50. The highest BCUT2D eigenvalue weighted by Crippen LogP contribution is 2.26. The number of nitrogens with one attached hydrogen (secondary N) is 2. The van der Waals surface area contributed by atoms with Gasteiger partial charge < -0.3 is 25.0 Å². The minimum absolute atomic E-state index is 0.103. The first-order valence-electron chi connectivity index (χ1n) is 10.9. The summed E-state index contributed by atoms with van der Waals surface area (Å²) in [6, 6.07) is 7.75. The number of pyridine rings is 3. The average molecular weight is 440 g/mol. The van der Waals surface area contributed by atoms with Crippen LogP contribution in [0.25, 0.3) is 10.8 Å². The Morgan fingerprint density at radius 1 is 1.16 bits per heavy atom. The molecule has 0 atom stereocenters. The lowest BCUT2D eigenvalue weighted by molar-refractivity contribution is 0.193. The number of hydrogen-bond donors (Lipinski definition) is 3. The molecule has 0 saturated carbocycles. The third kappa shape index (κ3) is 6.27. The first-order chi connectivity index (χ1) is 15.3. The Bertz CT molecular complexity index is 1100. The number of fused-ring (bicyclic) bond motifs is 1. The smallest absolute Gasteiger partial charge is 0.262 e. The average Bonchev–Trinajstić information content (AvgIpc) is 2.72. The van der Waals surface area contributed by atoms with E-state index in [1.807, 2.05) is 45.0 Å². The Hall–Kier alpha value is -2.97. The largest absolute Gasteiger partial charge is 0.395 e. The monoisotopic (exact) mass is 439 g/mol. The molecule has 3 N–H and O–H groups in total. The van der Waals surface area contributed by atoms with Crippen LogP contribution in [-0.2, 0) is 17.7 Å². The molecule has 0 aliphatic rings. The number of aryl methyl sites for hydroxylation is 1. The van der Waals surface area contributed by atoms with E-state index in [0.717, 1.165) is 31.3 Å². The molecule has 32 heavy (non-hydrogen) atoms. The summed E-state index contributed by atoms with van der Waals surface area (Å²) in [5.41, 5.74) is 0.723. The van der Waals surface area contributed by atoms with Gasteiger partial charge in [-0.25, -0.2) is 9.97 Å². The third-order valence-corrected chi connectivity index (χ3v) is 4.94. The number of anilines is 3. The van der Waals surface area contributed by atoms with Crippen LogP contribution >= 0.6 is 0 Å². The molecular weight excluding hydrogens is 406 g/mol. The molecule has 0 spiro atoms. The molecule has 3 rings (SSSR count). The van der Waals surface area contributed by atoms with Crippen LogP contribution in [0.15, 0.2) is 41.5 Å². The number of unbranched alkanes of at least 4 members (excludes halogenated alkanes) is 1. The topological polar surface area (TPSA) is 101 Å². The third-order valence-electron chi connectivity index (χ3n) is 4.94. The summed E-state index contributed by atoms with van der Waals surface area (Å²) < 4.78 is 6.62. The molecule has 0 bridgehead atoms. The Balaban J connectivity index is 1.94. The van der Waals surface area contributed by atoms with Crippen LogP contribution in [0.1, 0.15) is 39.2 Å². The molecule has 0 aliphatic carbocycles. The summed E-state index contributed by atoms with van der Waals surface area (Å²) >= 11 is 0. The number of hydrogen-bond acceptors (Lipinski definition) is 7. The number of rotatable bonds is 10. The van der Waals surface area contributed by atoms with E-state index in [4.69, 9.17) is 9.72 Å². The highest BCUT2D eigenvalue weighted by atomic mass is 16.5. The number of aliphatic hydroxyl groups excluding tert-OH is 1. The van der Waals surface area contributed by atoms with Crippen molar-refractivity contribution in [3.63, 3.8) is 0 Å². The van der Waals surface area contributed by atoms with E-state index in [-0.39, 0.29) is 24.2 Å². The van der Waals surface area contributed by atoms with Gasteiger partial charge in [0, 0.05) is 38.2 Å². The first-order valence-corrected chi connectivity index (χ1v) is 10.9. The maximum Gasteiger partial charge on any atom is 0.262 e. The molecule has 0 aliphatic heterocycles. The van der Waals surface area contributed by atoms with Crippen LogP contribution in [-0.4, -0.2) is 45.5 Å². The number of methoxy groups -OCH3 is 1. The molecular formula is C24H33N5O3. The van der Waals surface area contributed by atoms with Crippen molar-refractivity contribution in [2.75, 3.05) is 31.0 Å². The molecule has 8 heteroatoms. The van der Waals surface area contributed by atoms with E-state index in [1.165, 1.54) is 10.1 Å². The van der Waals surface area contributed by atoms with Gasteiger partial charge in [0.1, 0.15) is 17.5 Å². The second kappa shape index (κ2) is 10.6. The molecule has 3 aromatic heterocycles. The lowest BCUT2D eigenvalue weighted by Gasteiger charge is -2.23. The number of ether oxygens (including phenoxy) is 1. The van der Waals surface area contributed by atoms with Crippen LogP contribution in [0.5, 0.6) is 0 Å². The van der Waals surface area contributed by atoms with E-state index >= 15 is 0 Å². The zero-order valence-electron chi connectivity index (χ0n) is 19.3. The van der Waals surface area contributed by atoms with Crippen molar-refractivity contribution in [3.8, 4) is 0 Å². The van der Waals surface area contributed by atoms with Gasteiger partial charge in [-0.3, -0.25) is 4.79 Å². The van der Waals surface area contributed by atoms with E-state index in [1.54, 1.807) is 19.5 Å². The van der Waals surface area contributed by atoms with Gasteiger partial charge in [-0.2, -0.15) is 0 Å². The summed E-state index contributed by atoms with van der Waals surface area (Å²) in [5, 5.41) is 17.2. The van der Waals surface area contributed by atoms with E-state index in [0.29, 0.717) is 22.8 Å². The first kappa shape index (κ1) is 23.7. The SMILES string of the molecule is COCCCCc1ccnc(Nc2cc3ccn(CCO)c(=O)c3c(NC(C)(C)C)n2)c1. The van der Waals surface area contributed by atoms with E-state index in [9.17, 15) is 9.90 Å². The van der Waals surface area contributed by atoms with E-state index in [2.05, 4.69) is 15.6 Å². The van der Waals surface area contributed by atoms with Gasteiger partial charge in [0.2, 0.25) is 0 Å². The molecule has 0 unspecified atom stereocenters. The summed E-state index contributed by atoms with van der Waals surface area (Å²) in [6.07, 6.45) is 6.50. The van der Waals surface area contributed by atoms with Crippen LogP contribution < -0.4 is 16.2 Å². The molecule has 0 fully saturated rings. The molecule has 0 amide bonds. The lowest BCUT2D eigenvalue weighted by atomic mass is 10.1. The van der Waals surface area contributed by atoms with Gasteiger partial charge in [-0.15, -0.1) is 0 Å². The number of nitrogens with zero attached hydrogens (tertiary/aromatic N) is 3. The second-order valence-corrected chi connectivity index (χ2v) is 8.86. The second-order valence-electron chi connectivity index (χ2n) is 8.86. The zero-order valence-corrected chi connectivity index (χ0v) is 19.3. The highest BCUT2D eigenvalue weighted by Gasteiger charge is 2.17. The van der Waals surface area contributed by atoms with Crippen LogP contribution in [0.4, 0.5) is 17.5 Å². The van der Waals surface area contributed by atoms with Crippen molar-refractivity contribution in [3.05, 3.63) is 52.6 Å². The molecule has 8 nitrogen and oxygen atoms in total. The predicted molar refractivity (Wildman–Crippen MR) is 129 cm³/mol. The van der Waals surface area contributed by atoms with Crippen molar-refractivity contribution in [2.45, 2.75) is 52.1 Å². The Morgan fingerprint density at radius 3 is 2.69 bits per heavy atom. The van der Waals surface area contributed by atoms with Crippen LogP contribution in [0.2, 0.25) is 0 Å². The maximum absolute atomic E-state index is 13.0. The van der Waals surface area contributed by atoms with Crippen molar-refractivity contribution >= 4 is 28.2 Å². The van der Waals surface area contributed by atoms with Crippen LogP contribution in [0, 0.1) is 0 Å². The summed E-state index contributed by atoms with van der Waals surface area (Å²) in [7, 11) is 1.72. The van der Waals surface area contributed by atoms with Crippen LogP contribution in [0.3, 0.4) is 0 Å². The molecule has 0 saturated heterocycles. The fraction of sp³-hybridized carbons (Fsp3) is 0.458. The molecule has 3 heterocycles. The summed E-state index contributed by atoms with van der Waals surface area (Å²) in [4.78, 5) is 22.2.